The summed E-state index contributed by atoms with van der Waals surface area (Å²) in [5.41, 5.74) is 8.08. The number of hydrogen-bond acceptors (Lipinski definition) is 4. The minimum absolute atomic E-state index is 0.191. The van der Waals surface area contributed by atoms with Gasteiger partial charge in [0.25, 0.3) is 5.91 Å². The molecule has 0 spiro atoms. The summed E-state index contributed by atoms with van der Waals surface area (Å²) < 4.78 is 5.68. The molecule has 0 aromatic heterocycles. The lowest BCUT2D eigenvalue weighted by molar-refractivity contribution is -0.146. The van der Waals surface area contributed by atoms with Crippen molar-refractivity contribution in [3.05, 3.63) is 27.7 Å². The Kier molecular flexibility index (Phi) is 5.50. The monoisotopic (exact) mass is 328 g/mol. The van der Waals surface area contributed by atoms with Crippen LogP contribution in [0.3, 0.4) is 0 Å². The number of esters is 1. The second kappa shape index (κ2) is 6.68. The van der Waals surface area contributed by atoms with Gasteiger partial charge in [-0.05, 0) is 44.0 Å². The summed E-state index contributed by atoms with van der Waals surface area (Å²) in [4.78, 5) is 23.1. The van der Waals surface area contributed by atoms with Crippen molar-refractivity contribution in [2.24, 2.45) is 5.73 Å². The van der Waals surface area contributed by atoms with E-state index in [1.165, 1.54) is 0 Å². The Morgan fingerprint density at radius 1 is 1.37 bits per heavy atom. The number of aryl methyl sites for hydroxylation is 2. The van der Waals surface area contributed by atoms with Gasteiger partial charge in [0.15, 0.2) is 6.04 Å². The van der Waals surface area contributed by atoms with Crippen molar-refractivity contribution in [3.8, 4) is 0 Å². The number of ether oxygens (including phenoxy) is 1. The van der Waals surface area contributed by atoms with Crippen molar-refractivity contribution in [1.29, 1.82) is 0 Å². The highest BCUT2D eigenvalue weighted by Gasteiger charge is 2.23. The number of carbonyl (C=O) groups is 2. The first-order chi connectivity index (χ1) is 8.86. The smallest absolute Gasteiger partial charge is 0.332 e. The third-order valence-corrected chi connectivity index (χ3v) is 3.78. The first kappa shape index (κ1) is 15.7. The molecule has 0 radical (unpaired) electrons. The molecule has 3 N–H and O–H groups in total. The SMILES string of the molecule is CCOC(=O)C(N)C(=O)Nc1cc(C)c(Br)c(C)c1. The van der Waals surface area contributed by atoms with Crippen LogP contribution in [0, 0.1) is 13.8 Å². The van der Waals surface area contributed by atoms with Crippen LogP contribution >= 0.6 is 15.9 Å². The molecule has 1 aromatic rings. The van der Waals surface area contributed by atoms with Crippen molar-refractivity contribution in [3.63, 3.8) is 0 Å². The van der Waals surface area contributed by atoms with Gasteiger partial charge in [-0.25, -0.2) is 4.79 Å². The van der Waals surface area contributed by atoms with Crippen LogP contribution in [0.4, 0.5) is 5.69 Å². The van der Waals surface area contributed by atoms with Gasteiger partial charge in [0, 0.05) is 10.2 Å². The van der Waals surface area contributed by atoms with Crippen LogP contribution in [-0.4, -0.2) is 24.5 Å². The summed E-state index contributed by atoms with van der Waals surface area (Å²) in [6, 6.07) is 2.28. The molecule has 0 heterocycles. The molecule has 1 amide bonds. The fourth-order valence-corrected chi connectivity index (χ4v) is 1.81. The Morgan fingerprint density at radius 2 is 1.89 bits per heavy atom. The van der Waals surface area contributed by atoms with Gasteiger partial charge in [-0.1, -0.05) is 15.9 Å². The molecule has 0 saturated carbocycles. The molecule has 1 aromatic carbocycles. The number of nitrogens with two attached hydrogens (primary N) is 1. The number of hydrogen-bond donors (Lipinski definition) is 2. The van der Waals surface area contributed by atoms with Crippen molar-refractivity contribution >= 4 is 33.5 Å². The fourth-order valence-electron chi connectivity index (χ4n) is 1.58. The van der Waals surface area contributed by atoms with E-state index in [-0.39, 0.29) is 6.61 Å². The van der Waals surface area contributed by atoms with Crippen LogP contribution in [0.15, 0.2) is 16.6 Å². The number of anilines is 1. The molecule has 0 fully saturated rings. The third-order valence-electron chi connectivity index (χ3n) is 2.53. The largest absolute Gasteiger partial charge is 0.464 e. The minimum Gasteiger partial charge on any atom is -0.464 e. The van der Waals surface area contributed by atoms with Gasteiger partial charge >= 0.3 is 5.97 Å². The van der Waals surface area contributed by atoms with Crippen LogP contribution in [0.2, 0.25) is 0 Å². The van der Waals surface area contributed by atoms with Crippen molar-refractivity contribution in [2.45, 2.75) is 26.8 Å². The van der Waals surface area contributed by atoms with E-state index < -0.39 is 17.9 Å². The quantitative estimate of drug-likeness (QED) is 0.653. The predicted molar refractivity (Wildman–Crippen MR) is 76.9 cm³/mol. The zero-order chi connectivity index (χ0) is 14.6. The molecule has 0 bridgehead atoms. The van der Waals surface area contributed by atoms with Gasteiger partial charge < -0.3 is 15.8 Å². The molecule has 1 rings (SSSR count). The highest BCUT2D eigenvalue weighted by Crippen LogP contribution is 2.24. The van der Waals surface area contributed by atoms with Gasteiger partial charge in [-0.15, -0.1) is 0 Å². The average Bonchev–Trinajstić information content (AvgIpc) is 2.35. The highest BCUT2D eigenvalue weighted by atomic mass is 79.9. The maximum Gasteiger partial charge on any atom is 0.332 e. The maximum absolute atomic E-state index is 11.8. The van der Waals surface area contributed by atoms with E-state index in [9.17, 15) is 9.59 Å². The van der Waals surface area contributed by atoms with Gasteiger partial charge in [0.05, 0.1) is 6.61 Å². The number of rotatable bonds is 4. The van der Waals surface area contributed by atoms with E-state index in [1.807, 2.05) is 13.8 Å². The summed E-state index contributed by atoms with van der Waals surface area (Å²) in [6.45, 7) is 5.68. The molecule has 104 valence electrons. The van der Waals surface area contributed by atoms with E-state index >= 15 is 0 Å². The van der Waals surface area contributed by atoms with Crippen LogP contribution in [0.25, 0.3) is 0 Å². The molecule has 6 heteroatoms. The Morgan fingerprint density at radius 3 is 2.37 bits per heavy atom. The minimum atomic E-state index is -1.32. The lowest BCUT2D eigenvalue weighted by Gasteiger charge is -2.13. The summed E-state index contributed by atoms with van der Waals surface area (Å²) in [5, 5.41) is 2.60. The van der Waals surface area contributed by atoms with Gasteiger partial charge in [-0.3, -0.25) is 4.79 Å². The van der Waals surface area contributed by atoms with E-state index in [4.69, 9.17) is 10.5 Å². The Balaban J connectivity index is 2.80. The highest BCUT2D eigenvalue weighted by molar-refractivity contribution is 9.10. The molecular weight excluding hydrogens is 312 g/mol. The number of nitrogens with one attached hydrogen (secondary N) is 1. The molecule has 19 heavy (non-hydrogen) atoms. The van der Waals surface area contributed by atoms with Crippen molar-refractivity contribution in [1.82, 2.24) is 0 Å². The standard InChI is InChI=1S/C13H17BrN2O3/c1-4-19-13(18)11(15)12(17)16-9-5-7(2)10(14)8(3)6-9/h5-6,11H,4,15H2,1-3H3,(H,16,17). The van der Waals surface area contributed by atoms with Crippen LogP contribution < -0.4 is 11.1 Å². The van der Waals surface area contributed by atoms with Crippen molar-refractivity contribution in [2.75, 3.05) is 11.9 Å². The van der Waals surface area contributed by atoms with Crippen LogP contribution in [0.1, 0.15) is 18.1 Å². The van der Waals surface area contributed by atoms with E-state index in [2.05, 4.69) is 21.2 Å². The van der Waals surface area contributed by atoms with Gasteiger partial charge in [-0.2, -0.15) is 0 Å². The van der Waals surface area contributed by atoms with Gasteiger partial charge in [0.1, 0.15) is 0 Å². The lowest BCUT2D eigenvalue weighted by Crippen LogP contribution is -2.43. The van der Waals surface area contributed by atoms with Crippen LogP contribution in [-0.2, 0) is 14.3 Å². The second-order valence-electron chi connectivity index (χ2n) is 4.14. The summed E-state index contributed by atoms with van der Waals surface area (Å²) in [5.74, 6) is -1.31. The normalized spacial score (nSPS) is 11.8. The van der Waals surface area contributed by atoms with E-state index in [0.29, 0.717) is 5.69 Å². The molecule has 0 saturated heterocycles. The summed E-state index contributed by atoms with van der Waals surface area (Å²) >= 11 is 3.44. The fraction of sp³-hybridized carbons (Fsp3) is 0.385. The Labute approximate surface area is 120 Å². The lowest BCUT2D eigenvalue weighted by atomic mass is 10.1. The third kappa shape index (κ3) is 4.04. The summed E-state index contributed by atoms with van der Waals surface area (Å²) in [6.07, 6.45) is 0. The molecule has 1 unspecified atom stereocenters. The van der Waals surface area contributed by atoms with E-state index in [0.717, 1.165) is 15.6 Å². The zero-order valence-corrected chi connectivity index (χ0v) is 12.7. The number of carbonyl (C=O) groups excluding carboxylic acids is 2. The Hall–Kier alpha value is -1.40. The molecule has 0 aliphatic rings. The molecule has 0 aliphatic carbocycles. The molecule has 0 aliphatic heterocycles. The van der Waals surface area contributed by atoms with Crippen LogP contribution in [0.5, 0.6) is 0 Å². The number of amides is 1. The Bertz CT molecular complexity index is 480. The topological polar surface area (TPSA) is 81.4 Å². The average molecular weight is 329 g/mol. The number of halogens is 1. The molecular formula is C13H17BrN2O3. The number of benzene rings is 1. The van der Waals surface area contributed by atoms with Gasteiger partial charge in [0.2, 0.25) is 0 Å². The first-order valence-corrected chi connectivity index (χ1v) is 6.66. The first-order valence-electron chi connectivity index (χ1n) is 5.86. The molecule has 1 atom stereocenters. The maximum atomic E-state index is 11.8. The zero-order valence-electron chi connectivity index (χ0n) is 11.1. The second-order valence-corrected chi connectivity index (χ2v) is 4.94. The summed E-state index contributed by atoms with van der Waals surface area (Å²) in [7, 11) is 0. The molecule has 5 nitrogen and oxygen atoms in total. The predicted octanol–water partition coefficient (Wildman–Crippen LogP) is 1.89. The van der Waals surface area contributed by atoms with Crippen molar-refractivity contribution < 1.29 is 14.3 Å². The van der Waals surface area contributed by atoms with E-state index in [1.54, 1.807) is 19.1 Å².